The van der Waals surface area contributed by atoms with Gasteiger partial charge in [0.1, 0.15) is 0 Å². The molecule has 0 aliphatic carbocycles. The van der Waals surface area contributed by atoms with Crippen molar-refractivity contribution < 1.29 is 27.9 Å². The number of hydrogen-bond acceptors (Lipinski definition) is 2. The highest BCUT2D eigenvalue weighted by Gasteiger charge is 2.35. The average Bonchev–Trinajstić information content (AvgIpc) is 2.35. The van der Waals surface area contributed by atoms with E-state index in [0.29, 0.717) is 0 Å². The van der Waals surface area contributed by atoms with Gasteiger partial charge in [-0.15, -0.1) is 0 Å². The van der Waals surface area contributed by atoms with Gasteiger partial charge < -0.3 is 10.4 Å². The summed E-state index contributed by atoms with van der Waals surface area (Å²) in [5, 5.41) is 11.1. The summed E-state index contributed by atoms with van der Waals surface area (Å²) in [6.07, 6.45) is -4.70. The number of benzene rings is 1. The van der Waals surface area contributed by atoms with Gasteiger partial charge in [-0.05, 0) is 32.4 Å². The number of halogens is 3. The van der Waals surface area contributed by atoms with Gasteiger partial charge in [0.2, 0.25) is 0 Å². The molecule has 1 aromatic carbocycles. The summed E-state index contributed by atoms with van der Waals surface area (Å²) in [5.74, 6) is -1.91. The summed E-state index contributed by atoms with van der Waals surface area (Å²) in [5.41, 5.74) is -2.42. The van der Waals surface area contributed by atoms with Gasteiger partial charge in [0.25, 0.3) is 5.91 Å². The molecule has 1 aromatic rings. The molecule has 0 heterocycles. The van der Waals surface area contributed by atoms with Gasteiger partial charge in [0, 0.05) is 12.0 Å². The molecule has 0 saturated heterocycles. The molecule has 0 aliphatic rings. The fourth-order valence-corrected chi connectivity index (χ4v) is 1.78. The van der Waals surface area contributed by atoms with Crippen molar-refractivity contribution in [2.75, 3.05) is 0 Å². The summed E-state index contributed by atoms with van der Waals surface area (Å²) in [4.78, 5) is 22.5. The number of carboxylic acids is 1. The Labute approximate surface area is 120 Å². The lowest BCUT2D eigenvalue weighted by atomic mass is 9.97. The number of carbonyl (C=O) groups is 2. The number of amides is 1. The maximum Gasteiger partial charge on any atom is 0.417 e. The van der Waals surface area contributed by atoms with Gasteiger partial charge in [-0.2, -0.15) is 13.2 Å². The van der Waals surface area contributed by atoms with Crippen molar-refractivity contribution in [2.24, 2.45) is 0 Å². The largest absolute Gasteiger partial charge is 0.481 e. The van der Waals surface area contributed by atoms with E-state index in [1.54, 1.807) is 13.8 Å². The molecule has 0 radical (unpaired) electrons. The van der Waals surface area contributed by atoms with Gasteiger partial charge in [-0.25, -0.2) is 0 Å². The van der Waals surface area contributed by atoms with Crippen LogP contribution in [0.2, 0.25) is 0 Å². The van der Waals surface area contributed by atoms with E-state index in [2.05, 4.69) is 5.32 Å². The Morgan fingerprint density at radius 2 is 1.76 bits per heavy atom. The van der Waals surface area contributed by atoms with Crippen LogP contribution in [0.3, 0.4) is 0 Å². The molecule has 0 atom stereocenters. The lowest BCUT2D eigenvalue weighted by Gasteiger charge is -2.26. The van der Waals surface area contributed by atoms with Crippen LogP contribution in [0.1, 0.15) is 42.6 Å². The van der Waals surface area contributed by atoms with E-state index in [0.717, 1.165) is 12.1 Å². The Morgan fingerprint density at radius 3 is 2.29 bits per heavy atom. The minimum Gasteiger partial charge on any atom is -0.481 e. The molecule has 0 spiro atoms. The normalized spacial score (nSPS) is 12.0. The predicted molar refractivity (Wildman–Crippen MR) is 69.9 cm³/mol. The molecule has 0 saturated carbocycles. The molecular weight excluding hydrogens is 287 g/mol. The first-order valence-corrected chi connectivity index (χ1v) is 6.23. The fourth-order valence-electron chi connectivity index (χ4n) is 1.78. The smallest absolute Gasteiger partial charge is 0.417 e. The summed E-state index contributed by atoms with van der Waals surface area (Å²) in [6.45, 7) is 3.12. The van der Waals surface area contributed by atoms with Crippen LogP contribution in [-0.2, 0) is 11.0 Å². The number of aliphatic carboxylic acids is 1. The van der Waals surface area contributed by atoms with E-state index in [1.807, 2.05) is 0 Å². The van der Waals surface area contributed by atoms with Crippen LogP contribution in [0.15, 0.2) is 24.3 Å². The molecule has 0 aliphatic heterocycles. The maximum atomic E-state index is 12.8. The quantitative estimate of drug-likeness (QED) is 0.878. The van der Waals surface area contributed by atoms with E-state index in [9.17, 15) is 22.8 Å². The summed E-state index contributed by atoms with van der Waals surface area (Å²) in [7, 11) is 0. The number of alkyl halides is 3. The summed E-state index contributed by atoms with van der Waals surface area (Å²) >= 11 is 0. The SMILES string of the molecule is CC(C)(CCC(=O)O)NC(=O)c1ccccc1C(F)(F)F. The van der Waals surface area contributed by atoms with Crippen molar-refractivity contribution in [3.05, 3.63) is 35.4 Å². The zero-order valence-corrected chi connectivity index (χ0v) is 11.6. The van der Waals surface area contributed by atoms with Gasteiger partial charge in [0.05, 0.1) is 11.1 Å². The van der Waals surface area contributed by atoms with Crippen molar-refractivity contribution in [3.63, 3.8) is 0 Å². The lowest BCUT2D eigenvalue weighted by Crippen LogP contribution is -2.44. The number of nitrogens with one attached hydrogen (secondary N) is 1. The standard InChI is InChI=1S/C14H16F3NO3/c1-13(2,8-7-11(19)20)18-12(21)9-5-3-4-6-10(9)14(15,16)17/h3-6H,7-8H2,1-2H3,(H,18,21)(H,19,20). The van der Waals surface area contributed by atoms with Crippen LogP contribution in [-0.4, -0.2) is 22.5 Å². The van der Waals surface area contributed by atoms with Gasteiger partial charge in [-0.1, -0.05) is 12.1 Å². The first kappa shape index (κ1) is 17.0. The molecular formula is C14H16F3NO3. The molecule has 0 aromatic heterocycles. The van der Waals surface area contributed by atoms with Crippen LogP contribution < -0.4 is 5.32 Å². The average molecular weight is 303 g/mol. The second-order valence-corrected chi connectivity index (χ2v) is 5.28. The van der Waals surface area contributed by atoms with E-state index in [1.165, 1.54) is 12.1 Å². The molecule has 0 unspecified atom stereocenters. The van der Waals surface area contributed by atoms with E-state index in [4.69, 9.17) is 5.11 Å². The van der Waals surface area contributed by atoms with Crippen LogP contribution in [0.5, 0.6) is 0 Å². The lowest BCUT2D eigenvalue weighted by molar-refractivity contribution is -0.138. The van der Waals surface area contributed by atoms with E-state index in [-0.39, 0.29) is 12.8 Å². The number of hydrogen-bond donors (Lipinski definition) is 2. The third-order valence-electron chi connectivity index (χ3n) is 2.89. The Balaban J connectivity index is 2.92. The fraction of sp³-hybridized carbons (Fsp3) is 0.429. The zero-order valence-electron chi connectivity index (χ0n) is 11.6. The summed E-state index contributed by atoms with van der Waals surface area (Å²) < 4.78 is 38.5. The molecule has 2 N–H and O–H groups in total. The van der Waals surface area contributed by atoms with Crippen molar-refractivity contribution in [2.45, 2.75) is 38.4 Å². The highest BCUT2D eigenvalue weighted by Crippen LogP contribution is 2.32. The van der Waals surface area contributed by atoms with Crippen LogP contribution >= 0.6 is 0 Å². The van der Waals surface area contributed by atoms with Gasteiger partial charge in [0.15, 0.2) is 0 Å². The molecule has 116 valence electrons. The van der Waals surface area contributed by atoms with Crippen molar-refractivity contribution >= 4 is 11.9 Å². The van der Waals surface area contributed by atoms with Crippen LogP contribution in [0.4, 0.5) is 13.2 Å². The van der Waals surface area contributed by atoms with E-state index < -0.39 is 34.7 Å². The van der Waals surface area contributed by atoms with Crippen molar-refractivity contribution in [3.8, 4) is 0 Å². The first-order chi connectivity index (χ1) is 9.53. The minimum absolute atomic E-state index is 0.113. The first-order valence-electron chi connectivity index (χ1n) is 6.23. The number of carboxylic acid groups (broad SMARTS) is 1. The highest BCUT2D eigenvalue weighted by atomic mass is 19.4. The van der Waals surface area contributed by atoms with Crippen LogP contribution in [0, 0.1) is 0 Å². The molecule has 4 nitrogen and oxygen atoms in total. The van der Waals surface area contributed by atoms with E-state index >= 15 is 0 Å². The Hall–Kier alpha value is -2.05. The third kappa shape index (κ3) is 5.09. The second kappa shape index (κ2) is 6.15. The topological polar surface area (TPSA) is 66.4 Å². The molecule has 0 fully saturated rings. The highest BCUT2D eigenvalue weighted by molar-refractivity contribution is 5.96. The Morgan fingerprint density at radius 1 is 1.19 bits per heavy atom. The zero-order chi connectivity index (χ0) is 16.3. The van der Waals surface area contributed by atoms with Crippen LogP contribution in [0.25, 0.3) is 0 Å². The monoisotopic (exact) mass is 303 g/mol. The van der Waals surface area contributed by atoms with Crippen molar-refractivity contribution in [1.82, 2.24) is 5.32 Å². The number of rotatable bonds is 5. The Bertz CT molecular complexity index is 539. The van der Waals surface area contributed by atoms with Gasteiger partial charge >= 0.3 is 12.1 Å². The Kier molecular flexibility index (Phi) is 4.98. The van der Waals surface area contributed by atoms with Crippen molar-refractivity contribution in [1.29, 1.82) is 0 Å². The molecule has 7 heteroatoms. The molecule has 21 heavy (non-hydrogen) atoms. The second-order valence-electron chi connectivity index (χ2n) is 5.28. The molecule has 1 rings (SSSR count). The predicted octanol–water partition coefficient (Wildman–Crippen LogP) is 3.08. The minimum atomic E-state index is -4.63. The maximum absolute atomic E-state index is 12.8. The third-order valence-corrected chi connectivity index (χ3v) is 2.89. The summed E-state index contributed by atoms with van der Waals surface area (Å²) in [6, 6.07) is 4.47. The molecule has 1 amide bonds. The van der Waals surface area contributed by atoms with Gasteiger partial charge in [-0.3, -0.25) is 9.59 Å². The number of carbonyl (C=O) groups excluding carboxylic acids is 1. The molecule has 0 bridgehead atoms.